The fourth-order valence-electron chi connectivity index (χ4n) is 11.3. The number of benzene rings is 7. The van der Waals surface area contributed by atoms with Crippen LogP contribution in [0.5, 0.6) is 0 Å². The molecule has 4 fully saturated rings. The second kappa shape index (κ2) is 13.7. The molecular formula is C55H43N3O. The Bertz CT molecular complexity index is 2910. The van der Waals surface area contributed by atoms with Gasteiger partial charge in [-0.2, -0.15) is 0 Å². The maximum Gasteiger partial charge on any atom is 0.167 e. The van der Waals surface area contributed by atoms with Crippen LogP contribution >= 0.6 is 0 Å². The summed E-state index contributed by atoms with van der Waals surface area (Å²) in [6, 6.07) is 60.3. The van der Waals surface area contributed by atoms with Crippen LogP contribution in [0.1, 0.15) is 44.1 Å². The van der Waals surface area contributed by atoms with Crippen LogP contribution in [0, 0.1) is 17.8 Å². The van der Waals surface area contributed by atoms with Crippen LogP contribution in [0.15, 0.2) is 174 Å². The van der Waals surface area contributed by atoms with Crippen molar-refractivity contribution in [3.8, 4) is 67.5 Å². The largest absolute Gasteiger partial charge is 0.455 e. The summed E-state index contributed by atoms with van der Waals surface area (Å²) in [5.41, 5.74) is 13.2. The van der Waals surface area contributed by atoms with Crippen LogP contribution < -0.4 is 0 Å². The summed E-state index contributed by atoms with van der Waals surface area (Å²) < 4.78 is 6.73. The van der Waals surface area contributed by atoms with Crippen molar-refractivity contribution in [2.24, 2.45) is 17.8 Å². The number of aromatic nitrogens is 3. The van der Waals surface area contributed by atoms with E-state index >= 15 is 0 Å². The van der Waals surface area contributed by atoms with Crippen LogP contribution in [0.25, 0.3) is 89.5 Å². The van der Waals surface area contributed by atoms with Gasteiger partial charge in [-0.1, -0.05) is 133 Å². The van der Waals surface area contributed by atoms with E-state index in [1.54, 1.807) is 5.56 Å². The lowest BCUT2D eigenvalue weighted by Gasteiger charge is -2.57. The van der Waals surface area contributed by atoms with E-state index in [2.05, 4.69) is 152 Å². The van der Waals surface area contributed by atoms with Gasteiger partial charge in [-0.05, 0) is 137 Å². The van der Waals surface area contributed by atoms with Crippen molar-refractivity contribution in [1.82, 2.24) is 15.0 Å². The molecule has 7 aromatic carbocycles. The Morgan fingerprint density at radius 1 is 0.390 bits per heavy atom. The molecule has 284 valence electrons. The van der Waals surface area contributed by atoms with Crippen LogP contribution in [-0.4, -0.2) is 15.0 Å². The van der Waals surface area contributed by atoms with Crippen molar-refractivity contribution in [3.63, 3.8) is 0 Å². The topological polar surface area (TPSA) is 51.8 Å². The number of fused-ring (bicyclic) bond motifs is 3. The van der Waals surface area contributed by atoms with Gasteiger partial charge in [0.15, 0.2) is 17.5 Å². The molecule has 4 aliphatic rings. The van der Waals surface area contributed by atoms with E-state index in [0.717, 1.165) is 78.6 Å². The number of hydrogen-bond donors (Lipinski definition) is 0. The van der Waals surface area contributed by atoms with E-state index in [4.69, 9.17) is 19.4 Å². The summed E-state index contributed by atoms with van der Waals surface area (Å²) >= 11 is 0. The lowest BCUT2D eigenvalue weighted by atomic mass is 9.48. The molecule has 0 radical (unpaired) electrons. The molecule has 0 unspecified atom stereocenters. The van der Waals surface area contributed by atoms with Crippen molar-refractivity contribution in [2.75, 3.05) is 0 Å². The highest BCUT2D eigenvalue weighted by molar-refractivity contribution is 6.10. The fraction of sp³-hybridized carbons (Fsp3) is 0.182. The summed E-state index contributed by atoms with van der Waals surface area (Å²) in [7, 11) is 0. The molecule has 0 saturated heterocycles. The van der Waals surface area contributed by atoms with Gasteiger partial charge >= 0.3 is 0 Å². The van der Waals surface area contributed by atoms with Gasteiger partial charge in [0.25, 0.3) is 0 Å². The fourth-order valence-corrected chi connectivity index (χ4v) is 11.3. The number of furan rings is 1. The average Bonchev–Trinajstić information content (AvgIpc) is 3.67. The van der Waals surface area contributed by atoms with Gasteiger partial charge in [0.1, 0.15) is 11.2 Å². The molecule has 2 heterocycles. The smallest absolute Gasteiger partial charge is 0.167 e. The zero-order chi connectivity index (χ0) is 38.9. The lowest BCUT2D eigenvalue weighted by Crippen LogP contribution is -2.48. The molecule has 9 aromatic rings. The highest BCUT2D eigenvalue weighted by Crippen LogP contribution is 2.60. The summed E-state index contributed by atoms with van der Waals surface area (Å²) in [6.45, 7) is 0. The predicted octanol–water partition coefficient (Wildman–Crippen LogP) is 14.2. The monoisotopic (exact) mass is 761 g/mol. The molecule has 4 saturated carbocycles. The van der Waals surface area contributed by atoms with E-state index < -0.39 is 0 Å². The maximum atomic E-state index is 6.73. The molecule has 0 spiro atoms. The zero-order valence-corrected chi connectivity index (χ0v) is 32.9. The Balaban J connectivity index is 0.962. The average molecular weight is 762 g/mol. The third-order valence-corrected chi connectivity index (χ3v) is 13.7. The molecule has 4 aliphatic carbocycles. The summed E-state index contributed by atoms with van der Waals surface area (Å²) in [5.74, 6) is 4.62. The molecule has 2 aromatic heterocycles. The SMILES string of the molecule is c1ccc(-c2cc(-c3ccccc3)cc(-c3nc(-c4ccccc4)nc(-c4cccc5c4oc4ccc(-c6ccc(C78CC9CC(CC(C9)C7)C8)cc6)cc45)n3)c2)cc1. The van der Waals surface area contributed by atoms with E-state index in [1.165, 1.54) is 49.7 Å². The second-order valence-electron chi connectivity index (χ2n) is 17.5. The van der Waals surface area contributed by atoms with Crippen molar-refractivity contribution < 1.29 is 4.42 Å². The molecule has 0 atom stereocenters. The number of hydrogen-bond acceptors (Lipinski definition) is 4. The first-order chi connectivity index (χ1) is 29.1. The predicted molar refractivity (Wildman–Crippen MR) is 240 cm³/mol. The molecule has 4 bridgehead atoms. The van der Waals surface area contributed by atoms with Crippen molar-refractivity contribution in [2.45, 2.75) is 43.9 Å². The highest BCUT2D eigenvalue weighted by atomic mass is 16.3. The van der Waals surface area contributed by atoms with Crippen LogP contribution in [-0.2, 0) is 5.41 Å². The van der Waals surface area contributed by atoms with Crippen LogP contribution in [0.4, 0.5) is 0 Å². The number of rotatable bonds is 7. The lowest BCUT2D eigenvalue weighted by molar-refractivity contribution is -0.00518. The standard InChI is InChI=1S/C55H43N3O/c1-4-11-38(12-5-1)43-28-44(39-13-6-2-7-14-39)30-45(29-43)53-56-52(41-15-8-3-9-16-41)57-54(58-53)48-18-10-17-47-49-31-42(21-24-50(49)59-51(47)48)40-19-22-46(23-20-40)55-32-35-25-36(33-55)27-37(26-35)34-55/h1-24,28-31,35-37H,25-27,32-34H2. The van der Waals surface area contributed by atoms with E-state index in [9.17, 15) is 0 Å². The Kier molecular flexibility index (Phi) is 8.01. The minimum absolute atomic E-state index is 0.401. The van der Waals surface area contributed by atoms with Gasteiger partial charge in [0.05, 0.1) is 5.56 Å². The van der Waals surface area contributed by atoms with E-state index in [-0.39, 0.29) is 0 Å². The first-order valence-corrected chi connectivity index (χ1v) is 21.3. The van der Waals surface area contributed by atoms with Gasteiger partial charge in [-0.3, -0.25) is 0 Å². The van der Waals surface area contributed by atoms with Gasteiger partial charge in [0, 0.05) is 21.9 Å². The normalized spacial score (nSPS) is 20.7. The minimum atomic E-state index is 0.401. The molecule has 0 aliphatic heterocycles. The molecule has 4 heteroatoms. The summed E-state index contributed by atoms with van der Waals surface area (Å²) in [5, 5.41) is 2.13. The van der Waals surface area contributed by atoms with Gasteiger partial charge < -0.3 is 4.42 Å². The summed E-state index contributed by atoms with van der Waals surface area (Å²) in [4.78, 5) is 15.5. The molecule has 4 nitrogen and oxygen atoms in total. The van der Waals surface area contributed by atoms with Crippen LogP contribution in [0.3, 0.4) is 0 Å². The molecule has 13 rings (SSSR count). The first-order valence-electron chi connectivity index (χ1n) is 21.3. The Morgan fingerprint density at radius 2 is 0.898 bits per heavy atom. The first kappa shape index (κ1) is 34.4. The Morgan fingerprint density at radius 3 is 1.51 bits per heavy atom. The van der Waals surface area contributed by atoms with Crippen molar-refractivity contribution in [3.05, 3.63) is 175 Å². The highest BCUT2D eigenvalue weighted by Gasteiger charge is 2.51. The van der Waals surface area contributed by atoms with Crippen molar-refractivity contribution in [1.29, 1.82) is 0 Å². The zero-order valence-electron chi connectivity index (χ0n) is 32.9. The van der Waals surface area contributed by atoms with E-state index in [1.807, 2.05) is 18.2 Å². The number of para-hydroxylation sites is 1. The second-order valence-corrected chi connectivity index (χ2v) is 17.5. The third kappa shape index (κ3) is 6.09. The maximum absolute atomic E-state index is 6.73. The van der Waals surface area contributed by atoms with Gasteiger partial charge in [-0.25, -0.2) is 15.0 Å². The van der Waals surface area contributed by atoms with Crippen molar-refractivity contribution >= 4 is 21.9 Å². The Hall–Kier alpha value is -6.65. The van der Waals surface area contributed by atoms with Gasteiger partial charge in [-0.15, -0.1) is 0 Å². The van der Waals surface area contributed by atoms with E-state index in [0.29, 0.717) is 22.9 Å². The summed E-state index contributed by atoms with van der Waals surface area (Å²) in [6.07, 6.45) is 8.57. The third-order valence-electron chi connectivity index (χ3n) is 13.7. The van der Waals surface area contributed by atoms with Crippen LogP contribution in [0.2, 0.25) is 0 Å². The minimum Gasteiger partial charge on any atom is -0.455 e. The number of nitrogens with zero attached hydrogens (tertiary/aromatic N) is 3. The molecule has 59 heavy (non-hydrogen) atoms. The van der Waals surface area contributed by atoms with Gasteiger partial charge in [0.2, 0.25) is 0 Å². The Labute approximate surface area is 344 Å². The molecular weight excluding hydrogens is 719 g/mol. The molecule has 0 N–H and O–H groups in total. The molecule has 0 amide bonds. The quantitative estimate of drug-likeness (QED) is 0.162.